The van der Waals surface area contributed by atoms with Crippen LogP contribution < -0.4 is 5.32 Å². The van der Waals surface area contributed by atoms with E-state index in [-0.39, 0.29) is 0 Å². The van der Waals surface area contributed by atoms with Crippen LogP contribution in [-0.4, -0.2) is 23.1 Å². The zero-order valence-electron chi connectivity index (χ0n) is 12.0. The Morgan fingerprint density at radius 2 is 2.11 bits per heavy atom. The Hall–Kier alpha value is -1.20. The number of aromatic nitrogens is 2. The molecule has 2 rings (SSSR count). The molecule has 0 aliphatic carbocycles. The van der Waals surface area contributed by atoms with Crippen LogP contribution in [0.15, 0.2) is 11.4 Å². The van der Waals surface area contributed by atoms with Crippen molar-refractivity contribution in [3.05, 3.63) is 17.3 Å². The Bertz CT molecular complexity index is 551. The Morgan fingerprint density at radius 1 is 1.32 bits per heavy atom. The van der Waals surface area contributed by atoms with E-state index >= 15 is 0 Å². The molecule has 0 aromatic carbocycles. The summed E-state index contributed by atoms with van der Waals surface area (Å²) in [5.41, 5.74) is -0.463. The van der Waals surface area contributed by atoms with Gasteiger partial charge in [0.2, 0.25) is 0 Å². The molecule has 0 unspecified atom stereocenters. The summed E-state index contributed by atoms with van der Waals surface area (Å²) < 4.78 is 5.75. The number of nitrogens with one attached hydrogen (secondary N) is 1. The third-order valence-corrected chi connectivity index (χ3v) is 3.72. The Kier molecular flexibility index (Phi) is 4.37. The first kappa shape index (κ1) is 14.2. The van der Waals surface area contributed by atoms with Crippen molar-refractivity contribution in [1.82, 2.24) is 9.97 Å². The van der Waals surface area contributed by atoms with Gasteiger partial charge < -0.3 is 10.1 Å². The Morgan fingerprint density at radius 3 is 2.79 bits per heavy atom. The highest BCUT2D eigenvalue weighted by Gasteiger charge is 2.26. The average molecular weight is 279 g/mol. The molecule has 0 amide bonds. The third kappa shape index (κ3) is 3.04. The second-order valence-corrected chi connectivity index (χ2v) is 5.80. The number of hydrogen-bond donors (Lipinski definition) is 1. The van der Waals surface area contributed by atoms with Gasteiger partial charge in [0.05, 0.1) is 5.39 Å². The summed E-state index contributed by atoms with van der Waals surface area (Å²) in [6, 6.07) is 2.06. The van der Waals surface area contributed by atoms with E-state index in [9.17, 15) is 0 Å². The van der Waals surface area contributed by atoms with Crippen molar-refractivity contribution in [3.63, 3.8) is 0 Å². The Balaban J connectivity index is 2.45. The van der Waals surface area contributed by atoms with E-state index in [0.717, 1.165) is 34.8 Å². The van der Waals surface area contributed by atoms with E-state index in [0.29, 0.717) is 6.61 Å². The van der Waals surface area contributed by atoms with E-state index in [1.54, 1.807) is 11.3 Å². The highest BCUT2D eigenvalue weighted by Crippen LogP contribution is 2.29. The van der Waals surface area contributed by atoms with Gasteiger partial charge in [0.25, 0.3) is 0 Å². The van der Waals surface area contributed by atoms with E-state index < -0.39 is 5.60 Å². The van der Waals surface area contributed by atoms with Crippen molar-refractivity contribution in [2.45, 2.75) is 39.7 Å². The molecule has 0 saturated carbocycles. The van der Waals surface area contributed by atoms with Gasteiger partial charge in [0, 0.05) is 13.2 Å². The van der Waals surface area contributed by atoms with Crippen molar-refractivity contribution >= 4 is 27.4 Å². The number of hydrogen-bond acceptors (Lipinski definition) is 5. The Labute approximate surface area is 118 Å². The van der Waals surface area contributed by atoms with Gasteiger partial charge in [-0.15, -0.1) is 11.3 Å². The summed E-state index contributed by atoms with van der Waals surface area (Å²) in [5.74, 6) is 1.65. The molecule has 2 aromatic heterocycles. The second-order valence-electron chi connectivity index (χ2n) is 4.91. The topological polar surface area (TPSA) is 47.0 Å². The molecule has 5 heteroatoms. The molecule has 0 aliphatic heterocycles. The van der Waals surface area contributed by atoms with Crippen molar-refractivity contribution < 1.29 is 4.74 Å². The molecule has 0 saturated heterocycles. The minimum atomic E-state index is -0.463. The van der Waals surface area contributed by atoms with Crippen molar-refractivity contribution in [1.29, 1.82) is 0 Å². The van der Waals surface area contributed by atoms with Crippen LogP contribution in [0.25, 0.3) is 10.2 Å². The lowest BCUT2D eigenvalue weighted by Crippen LogP contribution is -2.25. The first-order valence-electron chi connectivity index (χ1n) is 6.72. The number of thiophene rings is 1. The fourth-order valence-electron chi connectivity index (χ4n) is 1.93. The van der Waals surface area contributed by atoms with Gasteiger partial charge in [-0.1, -0.05) is 6.92 Å². The van der Waals surface area contributed by atoms with Gasteiger partial charge in [0.15, 0.2) is 5.82 Å². The molecule has 1 N–H and O–H groups in total. The van der Waals surface area contributed by atoms with Crippen molar-refractivity contribution in [2.75, 3.05) is 18.5 Å². The van der Waals surface area contributed by atoms with Gasteiger partial charge >= 0.3 is 0 Å². The third-order valence-electron chi connectivity index (χ3n) is 2.91. The second kappa shape index (κ2) is 5.84. The highest BCUT2D eigenvalue weighted by atomic mass is 32.1. The molecular weight excluding hydrogens is 258 g/mol. The van der Waals surface area contributed by atoms with Gasteiger partial charge in [-0.3, -0.25) is 0 Å². The average Bonchev–Trinajstić information content (AvgIpc) is 2.84. The lowest BCUT2D eigenvalue weighted by molar-refractivity contribution is -0.0204. The van der Waals surface area contributed by atoms with E-state index in [2.05, 4.69) is 28.3 Å². The molecule has 0 fully saturated rings. The summed E-state index contributed by atoms with van der Waals surface area (Å²) in [7, 11) is 0. The van der Waals surface area contributed by atoms with Crippen LogP contribution in [0, 0.1) is 0 Å². The van der Waals surface area contributed by atoms with E-state index in [1.165, 1.54) is 0 Å². The van der Waals surface area contributed by atoms with E-state index in [1.807, 2.05) is 26.2 Å². The predicted octanol–water partition coefficient (Wildman–Crippen LogP) is 3.78. The number of fused-ring (bicyclic) bond motifs is 1. The first-order chi connectivity index (χ1) is 9.08. The molecule has 0 atom stereocenters. The van der Waals surface area contributed by atoms with Gasteiger partial charge in [-0.2, -0.15) is 0 Å². The molecule has 4 nitrogen and oxygen atoms in total. The maximum Gasteiger partial charge on any atom is 0.163 e. The fourth-order valence-corrected chi connectivity index (χ4v) is 2.69. The van der Waals surface area contributed by atoms with Gasteiger partial charge in [0.1, 0.15) is 16.2 Å². The SMILES string of the molecule is CCCNc1nc(C(C)(C)OCC)nc2sccc12. The van der Waals surface area contributed by atoms with Crippen LogP contribution >= 0.6 is 11.3 Å². The van der Waals surface area contributed by atoms with Gasteiger partial charge in [-0.05, 0) is 38.6 Å². The number of nitrogens with zero attached hydrogens (tertiary/aromatic N) is 2. The summed E-state index contributed by atoms with van der Waals surface area (Å²) in [5, 5.41) is 6.52. The molecule has 2 aromatic rings. The summed E-state index contributed by atoms with van der Waals surface area (Å²) in [6.45, 7) is 9.71. The lowest BCUT2D eigenvalue weighted by Gasteiger charge is -2.23. The van der Waals surface area contributed by atoms with Crippen LogP contribution in [-0.2, 0) is 10.3 Å². The first-order valence-corrected chi connectivity index (χ1v) is 7.60. The standard InChI is InChI=1S/C14H21N3OS/c1-5-8-15-11-10-7-9-19-12(10)17-13(16-11)14(3,4)18-6-2/h7,9H,5-6,8H2,1-4H3,(H,15,16,17). The number of ether oxygens (including phenoxy) is 1. The fraction of sp³-hybridized carbons (Fsp3) is 0.571. The summed E-state index contributed by atoms with van der Waals surface area (Å²) in [6.07, 6.45) is 1.07. The predicted molar refractivity (Wildman–Crippen MR) is 80.8 cm³/mol. The molecule has 104 valence electrons. The summed E-state index contributed by atoms with van der Waals surface area (Å²) >= 11 is 1.64. The lowest BCUT2D eigenvalue weighted by atomic mass is 10.1. The van der Waals surface area contributed by atoms with Crippen molar-refractivity contribution in [3.8, 4) is 0 Å². The molecular formula is C14H21N3OS. The quantitative estimate of drug-likeness (QED) is 0.874. The number of rotatable bonds is 6. The highest BCUT2D eigenvalue weighted by molar-refractivity contribution is 7.16. The maximum absolute atomic E-state index is 5.75. The van der Waals surface area contributed by atoms with Crippen LogP contribution in [0.5, 0.6) is 0 Å². The number of anilines is 1. The van der Waals surface area contributed by atoms with Crippen LogP contribution in [0.4, 0.5) is 5.82 Å². The molecule has 19 heavy (non-hydrogen) atoms. The van der Waals surface area contributed by atoms with Crippen LogP contribution in [0.2, 0.25) is 0 Å². The van der Waals surface area contributed by atoms with Gasteiger partial charge in [-0.25, -0.2) is 9.97 Å². The minimum Gasteiger partial charge on any atom is -0.369 e. The normalized spacial score (nSPS) is 12.0. The van der Waals surface area contributed by atoms with Crippen molar-refractivity contribution in [2.24, 2.45) is 0 Å². The molecule has 0 aliphatic rings. The largest absolute Gasteiger partial charge is 0.369 e. The zero-order chi connectivity index (χ0) is 13.9. The minimum absolute atomic E-state index is 0.463. The smallest absolute Gasteiger partial charge is 0.163 e. The zero-order valence-corrected chi connectivity index (χ0v) is 12.8. The summed E-state index contributed by atoms with van der Waals surface area (Å²) in [4.78, 5) is 10.3. The van der Waals surface area contributed by atoms with E-state index in [4.69, 9.17) is 4.74 Å². The van der Waals surface area contributed by atoms with Crippen LogP contribution in [0.1, 0.15) is 39.9 Å². The maximum atomic E-state index is 5.75. The monoisotopic (exact) mass is 279 g/mol. The molecule has 2 heterocycles. The van der Waals surface area contributed by atoms with Crippen LogP contribution in [0.3, 0.4) is 0 Å². The molecule has 0 spiro atoms. The molecule has 0 radical (unpaired) electrons. The molecule has 0 bridgehead atoms.